The van der Waals surface area contributed by atoms with Gasteiger partial charge in [0.05, 0.1) is 25.1 Å². The van der Waals surface area contributed by atoms with Crippen molar-refractivity contribution in [1.29, 1.82) is 5.26 Å². The second kappa shape index (κ2) is 4.14. The molecule has 0 atom stereocenters. The van der Waals surface area contributed by atoms with Gasteiger partial charge in [-0.3, -0.25) is 4.98 Å². The molecule has 0 fully saturated rings. The molecule has 60 valence electrons. The molecule has 0 aliphatic heterocycles. The third kappa shape index (κ3) is 2.10. The van der Waals surface area contributed by atoms with Crippen molar-refractivity contribution in [1.82, 2.24) is 4.98 Å². The molecule has 0 saturated carbocycles. The standard InChI is InChI=1S/C9H8N2O/c1-12-9-5-4-8(11-7-9)3-2-6-10/h2-5,7H,1H3. The van der Waals surface area contributed by atoms with E-state index in [0.29, 0.717) is 5.75 Å². The van der Waals surface area contributed by atoms with Gasteiger partial charge in [-0.15, -0.1) is 0 Å². The zero-order valence-corrected chi connectivity index (χ0v) is 6.69. The highest BCUT2D eigenvalue weighted by molar-refractivity contribution is 5.48. The first kappa shape index (κ1) is 8.28. The number of allylic oxidation sites excluding steroid dienone is 1. The summed E-state index contributed by atoms with van der Waals surface area (Å²) in [4.78, 5) is 4.02. The number of hydrogen-bond acceptors (Lipinski definition) is 3. The van der Waals surface area contributed by atoms with Gasteiger partial charge in [-0.25, -0.2) is 0 Å². The van der Waals surface area contributed by atoms with Gasteiger partial charge in [0.1, 0.15) is 5.75 Å². The van der Waals surface area contributed by atoms with Crippen molar-refractivity contribution in [2.45, 2.75) is 0 Å². The van der Waals surface area contributed by atoms with E-state index in [-0.39, 0.29) is 0 Å². The molecule has 1 aromatic heterocycles. The lowest BCUT2D eigenvalue weighted by Crippen LogP contribution is -1.84. The number of methoxy groups -OCH3 is 1. The van der Waals surface area contributed by atoms with Crippen molar-refractivity contribution in [2.24, 2.45) is 0 Å². The van der Waals surface area contributed by atoms with Gasteiger partial charge in [-0.2, -0.15) is 5.26 Å². The molecule has 0 N–H and O–H groups in total. The molecule has 12 heavy (non-hydrogen) atoms. The highest BCUT2D eigenvalue weighted by Gasteiger charge is 1.90. The van der Waals surface area contributed by atoms with Crippen LogP contribution >= 0.6 is 0 Å². The van der Waals surface area contributed by atoms with Gasteiger partial charge in [0, 0.05) is 6.08 Å². The molecular weight excluding hydrogens is 152 g/mol. The monoisotopic (exact) mass is 160 g/mol. The fourth-order valence-corrected chi connectivity index (χ4v) is 0.734. The molecule has 0 unspecified atom stereocenters. The Morgan fingerprint density at radius 1 is 1.58 bits per heavy atom. The third-order valence-corrected chi connectivity index (χ3v) is 1.32. The number of aromatic nitrogens is 1. The summed E-state index contributed by atoms with van der Waals surface area (Å²) < 4.78 is 4.92. The molecule has 0 radical (unpaired) electrons. The minimum atomic E-state index is 0.712. The van der Waals surface area contributed by atoms with Crippen LogP contribution in [0.2, 0.25) is 0 Å². The number of nitriles is 1. The van der Waals surface area contributed by atoms with Gasteiger partial charge in [-0.1, -0.05) is 0 Å². The van der Waals surface area contributed by atoms with E-state index in [1.54, 1.807) is 31.5 Å². The zero-order valence-electron chi connectivity index (χ0n) is 6.69. The van der Waals surface area contributed by atoms with Gasteiger partial charge >= 0.3 is 0 Å². The maximum Gasteiger partial charge on any atom is 0.137 e. The van der Waals surface area contributed by atoms with Gasteiger partial charge in [0.15, 0.2) is 0 Å². The molecule has 0 saturated heterocycles. The Morgan fingerprint density at radius 3 is 2.92 bits per heavy atom. The van der Waals surface area contributed by atoms with Crippen LogP contribution in [-0.4, -0.2) is 12.1 Å². The Labute approximate surface area is 70.9 Å². The molecule has 0 aromatic carbocycles. The van der Waals surface area contributed by atoms with Crippen molar-refractivity contribution in [3.05, 3.63) is 30.1 Å². The Kier molecular flexibility index (Phi) is 2.86. The number of hydrogen-bond donors (Lipinski definition) is 0. The van der Waals surface area contributed by atoms with E-state index in [0.717, 1.165) is 5.69 Å². The predicted molar refractivity (Wildman–Crippen MR) is 45.4 cm³/mol. The summed E-state index contributed by atoms with van der Waals surface area (Å²) in [7, 11) is 1.59. The van der Waals surface area contributed by atoms with E-state index < -0.39 is 0 Å². The maximum absolute atomic E-state index is 8.24. The topological polar surface area (TPSA) is 45.9 Å². The van der Waals surface area contributed by atoms with Gasteiger partial charge in [-0.05, 0) is 18.2 Å². The number of ether oxygens (including phenoxy) is 1. The van der Waals surface area contributed by atoms with Crippen LogP contribution in [0.15, 0.2) is 24.4 Å². The molecule has 3 heteroatoms. The largest absolute Gasteiger partial charge is 0.495 e. The van der Waals surface area contributed by atoms with Crippen molar-refractivity contribution >= 4 is 6.08 Å². The Morgan fingerprint density at radius 2 is 2.42 bits per heavy atom. The van der Waals surface area contributed by atoms with Crippen LogP contribution in [0.4, 0.5) is 0 Å². The van der Waals surface area contributed by atoms with E-state index in [1.807, 2.05) is 6.07 Å². The quantitative estimate of drug-likeness (QED) is 0.617. The van der Waals surface area contributed by atoms with Crippen LogP contribution in [0.1, 0.15) is 5.69 Å². The van der Waals surface area contributed by atoms with Gasteiger partial charge in [0.2, 0.25) is 0 Å². The second-order valence-corrected chi connectivity index (χ2v) is 2.09. The Balaban J connectivity index is 2.79. The predicted octanol–water partition coefficient (Wildman–Crippen LogP) is 1.63. The minimum absolute atomic E-state index is 0.712. The van der Waals surface area contributed by atoms with Gasteiger partial charge in [0.25, 0.3) is 0 Å². The smallest absolute Gasteiger partial charge is 0.137 e. The maximum atomic E-state index is 8.24. The summed E-state index contributed by atoms with van der Waals surface area (Å²) in [6, 6.07) is 5.47. The first-order valence-corrected chi connectivity index (χ1v) is 3.43. The zero-order chi connectivity index (χ0) is 8.81. The number of rotatable bonds is 2. The van der Waals surface area contributed by atoms with E-state index in [9.17, 15) is 0 Å². The summed E-state index contributed by atoms with van der Waals surface area (Å²) in [5.74, 6) is 0.712. The highest BCUT2D eigenvalue weighted by atomic mass is 16.5. The fourth-order valence-electron chi connectivity index (χ4n) is 0.734. The number of nitrogens with zero attached hydrogens (tertiary/aromatic N) is 2. The fraction of sp³-hybridized carbons (Fsp3) is 0.111. The van der Waals surface area contributed by atoms with E-state index >= 15 is 0 Å². The van der Waals surface area contributed by atoms with Crippen molar-refractivity contribution in [3.63, 3.8) is 0 Å². The Hall–Kier alpha value is -1.82. The van der Waals surface area contributed by atoms with E-state index in [1.165, 1.54) is 6.08 Å². The van der Waals surface area contributed by atoms with Crippen molar-refractivity contribution in [3.8, 4) is 11.8 Å². The molecule has 1 heterocycles. The molecule has 0 aliphatic rings. The lowest BCUT2D eigenvalue weighted by molar-refractivity contribution is 0.413. The van der Waals surface area contributed by atoms with Crippen LogP contribution in [0, 0.1) is 11.3 Å². The summed E-state index contributed by atoms with van der Waals surface area (Å²) in [6.07, 6.45) is 4.63. The normalized spacial score (nSPS) is 9.67. The lowest BCUT2D eigenvalue weighted by Gasteiger charge is -1.97. The van der Waals surface area contributed by atoms with Crippen LogP contribution in [-0.2, 0) is 0 Å². The van der Waals surface area contributed by atoms with Crippen LogP contribution in [0.25, 0.3) is 6.08 Å². The minimum Gasteiger partial charge on any atom is -0.495 e. The SMILES string of the molecule is COc1ccc(C=CC#N)nc1. The van der Waals surface area contributed by atoms with E-state index in [4.69, 9.17) is 10.00 Å². The molecular formula is C9H8N2O. The molecule has 0 aliphatic carbocycles. The average molecular weight is 160 g/mol. The molecule has 1 aromatic rings. The average Bonchev–Trinajstić information content (AvgIpc) is 2.15. The summed E-state index contributed by atoms with van der Waals surface area (Å²) >= 11 is 0. The van der Waals surface area contributed by atoms with Crippen molar-refractivity contribution in [2.75, 3.05) is 7.11 Å². The number of pyridine rings is 1. The van der Waals surface area contributed by atoms with Crippen LogP contribution < -0.4 is 4.74 Å². The lowest BCUT2D eigenvalue weighted by atomic mass is 10.3. The van der Waals surface area contributed by atoms with Crippen molar-refractivity contribution < 1.29 is 4.74 Å². The Bertz CT molecular complexity index is 308. The van der Waals surface area contributed by atoms with E-state index in [2.05, 4.69) is 4.98 Å². The highest BCUT2D eigenvalue weighted by Crippen LogP contribution is 2.08. The molecule has 0 bridgehead atoms. The molecule has 3 nitrogen and oxygen atoms in total. The summed E-state index contributed by atoms with van der Waals surface area (Å²) in [6.45, 7) is 0. The third-order valence-electron chi connectivity index (χ3n) is 1.32. The molecule has 1 rings (SSSR count). The van der Waals surface area contributed by atoms with Crippen LogP contribution in [0.5, 0.6) is 5.75 Å². The second-order valence-electron chi connectivity index (χ2n) is 2.09. The molecule has 0 spiro atoms. The summed E-state index contributed by atoms with van der Waals surface area (Å²) in [5, 5.41) is 8.24. The summed E-state index contributed by atoms with van der Waals surface area (Å²) in [5.41, 5.74) is 0.748. The first-order chi connectivity index (χ1) is 5.86. The van der Waals surface area contributed by atoms with Gasteiger partial charge < -0.3 is 4.74 Å². The van der Waals surface area contributed by atoms with Crippen LogP contribution in [0.3, 0.4) is 0 Å². The first-order valence-electron chi connectivity index (χ1n) is 3.43. The molecule has 0 amide bonds.